The van der Waals surface area contributed by atoms with Gasteiger partial charge in [-0.05, 0) is 18.4 Å². The molecule has 6 nitrogen and oxygen atoms in total. The van der Waals surface area contributed by atoms with Gasteiger partial charge in [0, 0.05) is 38.6 Å². The van der Waals surface area contributed by atoms with Gasteiger partial charge in [0.2, 0.25) is 0 Å². The Bertz CT molecular complexity index is 849. The van der Waals surface area contributed by atoms with E-state index in [9.17, 15) is 4.79 Å². The molecule has 3 aliphatic heterocycles. The quantitative estimate of drug-likeness (QED) is 0.860. The molecule has 0 spiro atoms. The van der Waals surface area contributed by atoms with Crippen molar-refractivity contribution in [3.63, 3.8) is 0 Å². The minimum Gasteiger partial charge on any atom is -0.378 e. The average Bonchev–Trinajstić information content (AvgIpc) is 3.43. The summed E-state index contributed by atoms with van der Waals surface area (Å²) in [6, 6.07) is 10.6. The van der Waals surface area contributed by atoms with E-state index in [0.29, 0.717) is 11.8 Å². The molecule has 148 valence electrons. The van der Waals surface area contributed by atoms with Crippen molar-refractivity contribution in [3.05, 3.63) is 46.5 Å². The molecule has 5 rings (SSSR count). The van der Waals surface area contributed by atoms with Crippen LogP contribution in [0.1, 0.15) is 27.0 Å². The van der Waals surface area contributed by atoms with E-state index in [4.69, 9.17) is 9.72 Å². The molecular formula is C21H26N4O2S. The number of thiazole rings is 1. The van der Waals surface area contributed by atoms with Crippen molar-refractivity contribution in [2.75, 3.05) is 50.8 Å². The number of aromatic nitrogens is 1. The van der Waals surface area contributed by atoms with Crippen molar-refractivity contribution >= 4 is 22.4 Å². The van der Waals surface area contributed by atoms with Crippen LogP contribution in [0.5, 0.6) is 0 Å². The zero-order chi connectivity index (χ0) is 19.1. The zero-order valence-corrected chi connectivity index (χ0v) is 17.0. The fourth-order valence-electron chi connectivity index (χ4n) is 4.81. The second-order valence-electron chi connectivity index (χ2n) is 7.91. The Morgan fingerprint density at radius 1 is 1.21 bits per heavy atom. The summed E-state index contributed by atoms with van der Waals surface area (Å²) in [7, 11) is 0. The molecule has 0 aliphatic carbocycles. The van der Waals surface area contributed by atoms with Gasteiger partial charge in [-0.2, -0.15) is 0 Å². The van der Waals surface area contributed by atoms with Gasteiger partial charge in [0.1, 0.15) is 4.88 Å². The van der Waals surface area contributed by atoms with Crippen LogP contribution in [0.25, 0.3) is 0 Å². The molecule has 7 heteroatoms. The molecule has 3 atom stereocenters. The van der Waals surface area contributed by atoms with Gasteiger partial charge in [0.25, 0.3) is 5.91 Å². The lowest BCUT2D eigenvalue weighted by Gasteiger charge is -2.28. The topological polar surface area (TPSA) is 57.7 Å². The summed E-state index contributed by atoms with van der Waals surface area (Å²) >= 11 is 1.54. The smallest absolute Gasteiger partial charge is 0.266 e. The van der Waals surface area contributed by atoms with Gasteiger partial charge >= 0.3 is 0 Å². The third kappa shape index (κ3) is 3.11. The first kappa shape index (κ1) is 18.1. The number of ether oxygens (including phenoxy) is 1. The van der Waals surface area contributed by atoms with Crippen molar-refractivity contribution in [3.8, 4) is 0 Å². The summed E-state index contributed by atoms with van der Waals surface area (Å²) in [6.45, 7) is 7.89. The first-order chi connectivity index (χ1) is 13.7. The highest BCUT2D eigenvalue weighted by Crippen LogP contribution is 2.44. The predicted molar refractivity (Wildman–Crippen MR) is 110 cm³/mol. The van der Waals surface area contributed by atoms with Crippen LogP contribution >= 0.6 is 11.3 Å². The molecule has 0 radical (unpaired) electrons. The van der Waals surface area contributed by atoms with Crippen LogP contribution in [0.2, 0.25) is 0 Å². The summed E-state index contributed by atoms with van der Waals surface area (Å²) in [5.74, 6) is 1.15. The predicted octanol–water partition coefficient (Wildman–Crippen LogP) is 2.32. The monoisotopic (exact) mass is 398 g/mol. The Kier molecular flexibility index (Phi) is 4.82. The number of benzene rings is 1. The highest BCUT2D eigenvalue weighted by molar-refractivity contribution is 7.17. The number of hydrogen-bond donors (Lipinski definition) is 1. The highest BCUT2D eigenvalue weighted by atomic mass is 32.1. The molecule has 0 bridgehead atoms. The fraction of sp³-hybridized carbons (Fsp3) is 0.524. The van der Waals surface area contributed by atoms with Gasteiger partial charge in [-0.3, -0.25) is 4.79 Å². The van der Waals surface area contributed by atoms with Gasteiger partial charge in [-0.15, -0.1) is 0 Å². The minimum atomic E-state index is 0.137. The second-order valence-corrected chi connectivity index (χ2v) is 8.88. The Balaban J connectivity index is 1.44. The summed E-state index contributed by atoms with van der Waals surface area (Å²) in [4.78, 5) is 23.5. The number of fused-ring (bicyclic) bond motifs is 1. The first-order valence-electron chi connectivity index (χ1n) is 10.1. The normalized spacial score (nSPS) is 27.2. The SMILES string of the molecule is Cc1nc(N2CCOCC2)sc1C(=O)N1C[C@@H]2CNC[C@@H]2[C@@H]1c1ccccc1. The van der Waals surface area contributed by atoms with Gasteiger partial charge in [-0.1, -0.05) is 41.7 Å². The maximum absolute atomic E-state index is 13.6. The van der Waals surface area contributed by atoms with Crippen LogP contribution in [0.15, 0.2) is 30.3 Å². The number of aryl methyl sites for hydroxylation is 1. The van der Waals surface area contributed by atoms with E-state index < -0.39 is 0 Å². The van der Waals surface area contributed by atoms with E-state index in [1.54, 1.807) is 0 Å². The third-order valence-electron chi connectivity index (χ3n) is 6.23. The molecule has 1 aromatic heterocycles. The van der Waals surface area contributed by atoms with Crippen molar-refractivity contribution in [1.82, 2.24) is 15.2 Å². The van der Waals surface area contributed by atoms with Crippen molar-refractivity contribution in [1.29, 1.82) is 0 Å². The number of likely N-dealkylation sites (tertiary alicyclic amines) is 1. The van der Waals surface area contributed by atoms with Crippen molar-refractivity contribution in [2.45, 2.75) is 13.0 Å². The number of morpholine rings is 1. The summed E-state index contributed by atoms with van der Waals surface area (Å²) < 4.78 is 5.45. The van der Waals surface area contributed by atoms with E-state index in [1.165, 1.54) is 16.9 Å². The molecular weight excluding hydrogens is 372 g/mol. The summed E-state index contributed by atoms with van der Waals surface area (Å²) in [6.07, 6.45) is 0. The van der Waals surface area contributed by atoms with Crippen LogP contribution < -0.4 is 10.2 Å². The number of anilines is 1. The Labute approximate surface area is 169 Å². The Morgan fingerprint density at radius 3 is 2.79 bits per heavy atom. The number of nitrogens with zero attached hydrogens (tertiary/aromatic N) is 3. The number of hydrogen-bond acceptors (Lipinski definition) is 6. The van der Waals surface area contributed by atoms with Crippen LogP contribution in [0, 0.1) is 18.8 Å². The molecule has 3 aliphatic rings. The van der Waals surface area contributed by atoms with Crippen molar-refractivity contribution in [2.24, 2.45) is 11.8 Å². The van der Waals surface area contributed by atoms with Gasteiger partial charge in [0.05, 0.1) is 24.9 Å². The maximum atomic E-state index is 13.6. The van der Waals surface area contributed by atoms with E-state index >= 15 is 0 Å². The van der Waals surface area contributed by atoms with E-state index in [-0.39, 0.29) is 11.9 Å². The van der Waals surface area contributed by atoms with Gasteiger partial charge in [0.15, 0.2) is 5.13 Å². The molecule has 3 saturated heterocycles. The second kappa shape index (κ2) is 7.46. The summed E-state index contributed by atoms with van der Waals surface area (Å²) in [5, 5.41) is 4.46. The number of nitrogens with one attached hydrogen (secondary N) is 1. The lowest BCUT2D eigenvalue weighted by Crippen LogP contribution is -2.36. The van der Waals surface area contributed by atoms with Gasteiger partial charge in [-0.25, -0.2) is 4.98 Å². The molecule has 0 saturated carbocycles. The first-order valence-corrected chi connectivity index (χ1v) is 10.9. The number of amides is 1. The van der Waals surface area contributed by atoms with E-state index in [1.807, 2.05) is 13.0 Å². The lowest BCUT2D eigenvalue weighted by molar-refractivity contribution is 0.0718. The van der Waals surface area contributed by atoms with Crippen LogP contribution in [0.4, 0.5) is 5.13 Å². The zero-order valence-electron chi connectivity index (χ0n) is 16.1. The fourth-order valence-corrected chi connectivity index (χ4v) is 5.88. The molecule has 1 aromatic carbocycles. The molecule has 2 aromatic rings. The summed E-state index contributed by atoms with van der Waals surface area (Å²) in [5.41, 5.74) is 2.08. The number of rotatable bonds is 3. The van der Waals surface area contributed by atoms with Crippen LogP contribution in [-0.4, -0.2) is 61.7 Å². The molecule has 0 unspecified atom stereocenters. The molecule has 4 heterocycles. The van der Waals surface area contributed by atoms with Crippen molar-refractivity contribution < 1.29 is 9.53 Å². The third-order valence-corrected chi connectivity index (χ3v) is 7.43. The van der Waals surface area contributed by atoms with Gasteiger partial charge < -0.3 is 19.9 Å². The molecule has 1 N–H and O–H groups in total. The standard InChI is InChI=1S/C21H26N4O2S/c1-14-19(28-21(23-14)24-7-9-27-10-8-24)20(26)25-13-16-11-22-12-17(16)18(25)15-5-3-2-4-6-15/h2-6,16-18,22H,7-13H2,1H3/t16-,17-,18-/m0/s1. The molecule has 3 fully saturated rings. The molecule has 1 amide bonds. The van der Waals surface area contributed by atoms with Crippen LogP contribution in [-0.2, 0) is 4.74 Å². The number of carbonyl (C=O) groups excluding carboxylic acids is 1. The van der Waals surface area contributed by atoms with Crippen LogP contribution in [0.3, 0.4) is 0 Å². The highest BCUT2D eigenvalue weighted by Gasteiger charge is 2.47. The molecule has 28 heavy (non-hydrogen) atoms. The lowest BCUT2D eigenvalue weighted by atomic mass is 9.89. The minimum absolute atomic E-state index is 0.137. The maximum Gasteiger partial charge on any atom is 0.266 e. The Morgan fingerprint density at radius 2 is 2.00 bits per heavy atom. The average molecular weight is 399 g/mol. The number of carbonyl (C=O) groups is 1. The van der Waals surface area contributed by atoms with E-state index in [0.717, 1.165) is 61.6 Å². The largest absolute Gasteiger partial charge is 0.378 e. The van der Waals surface area contributed by atoms with E-state index in [2.05, 4.69) is 39.4 Å². The Hall–Kier alpha value is -1.96.